The van der Waals surface area contributed by atoms with Crippen LogP contribution in [0.5, 0.6) is 0 Å². The van der Waals surface area contributed by atoms with E-state index in [1.807, 2.05) is 36.5 Å². The number of H-pyrrole nitrogens is 2. The molecule has 84 valence electrons. The summed E-state index contributed by atoms with van der Waals surface area (Å²) < 4.78 is 1.36. The molecule has 0 aliphatic heterocycles. The number of fused-ring (bicyclic) bond motifs is 1. The molecule has 0 fully saturated rings. The van der Waals surface area contributed by atoms with Gasteiger partial charge >= 0.3 is 0 Å². The predicted molar refractivity (Wildman–Crippen MR) is 71.6 cm³/mol. The number of para-hydroxylation sites is 1. The van der Waals surface area contributed by atoms with Gasteiger partial charge in [0.05, 0.1) is 9.20 Å². The van der Waals surface area contributed by atoms with E-state index in [0.717, 1.165) is 16.5 Å². The highest BCUT2D eigenvalue weighted by Gasteiger charge is 2.00. The lowest BCUT2D eigenvalue weighted by Crippen LogP contribution is -2.19. The molecule has 0 aliphatic rings. The number of hydrogen-bond acceptors (Lipinski definition) is 2. The molecule has 0 unspecified atom stereocenters. The number of aromatic nitrogens is 2. The van der Waals surface area contributed by atoms with Gasteiger partial charge in [-0.1, -0.05) is 24.8 Å². The van der Waals surface area contributed by atoms with Crippen molar-refractivity contribution in [3.63, 3.8) is 0 Å². The van der Waals surface area contributed by atoms with Crippen molar-refractivity contribution in [2.24, 2.45) is 0 Å². The van der Waals surface area contributed by atoms with Crippen LogP contribution in [0.15, 0.2) is 35.3 Å². The van der Waals surface area contributed by atoms with Crippen LogP contribution >= 0.6 is 11.3 Å². The molecular weight excluding hydrogens is 232 g/mol. The van der Waals surface area contributed by atoms with E-state index in [-0.39, 0.29) is 5.56 Å². The summed E-state index contributed by atoms with van der Waals surface area (Å²) in [6.45, 7) is 3.73. The van der Waals surface area contributed by atoms with Crippen molar-refractivity contribution in [3.8, 4) is 0 Å². The third-order valence-corrected chi connectivity index (χ3v) is 3.49. The standard InChI is InChI=1S/C13H10N2OS/c1-8-15-13(16)12(17-8)6-9-7-14-11-5-3-2-4-10(9)11/h2-7,14H,1H2,(H,15,16). The normalized spacial score (nSPS) is 12.4. The molecule has 1 aromatic carbocycles. The molecule has 2 N–H and O–H groups in total. The van der Waals surface area contributed by atoms with Gasteiger partial charge in [-0.25, -0.2) is 0 Å². The van der Waals surface area contributed by atoms with Crippen molar-refractivity contribution < 1.29 is 0 Å². The Hall–Kier alpha value is -2.07. The van der Waals surface area contributed by atoms with Gasteiger partial charge in [0.15, 0.2) is 0 Å². The summed E-state index contributed by atoms with van der Waals surface area (Å²) in [7, 11) is 0. The van der Waals surface area contributed by atoms with Gasteiger partial charge in [0.2, 0.25) is 0 Å². The number of aromatic amines is 2. The van der Waals surface area contributed by atoms with Gasteiger partial charge in [0.25, 0.3) is 5.56 Å². The second kappa shape index (κ2) is 3.75. The molecule has 0 amide bonds. The molecule has 0 saturated heterocycles. The van der Waals surface area contributed by atoms with Crippen LogP contribution in [-0.4, -0.2) is 9.97 Å². The quantitative estimate of drug-likeness (QED) is 0.661. The Kier molecular flexibility index (Phi) is 2.23. The van der Waals surface area contributed by atoms with Crippen LogP contribution in [0.1, 0.15) is 5.56 Å². The van der Waals surface area contributed by atoms with Gasteiger partial charge in [-0.3, -0.25) is 4.79 Å². The van der Waals surface area contributed by atoms with Gasteiger partial charge in [0, 0.05) is 22.7 Å². The third-order valence-electron chi connectivity index (χ3n) is 2.62. The van der Waals surface area contributed by atoms with Crippen molar-refractivity contribution in [1.82, 2.24) is 9.97 Å². The summed E-state index contributed by atoms with van der Waals surface area (Å²) in [6, 6.07) is 8.01. The predicted octanol–water partition coefficient (Wildman–Crippen LogP) is 1.16. The lowest BCUT2D eigenvalue weighted by molar-refractivity contribution is 1.26. The fourth-order valence-corrected chi connectivity index (χ4v) is 2.58. The maximum absolute atomic E-state index is 11.6. The monoisotopic (exact) mass is 242 g/mol. The summed E-state index contributed by atoms with van der Waals surface area (Å²) in [5.41, 5.74) is 2.01. The highest BCUT2D eigenvalue weighted by molar-refractivity contribution is 7.07. The van der Waals surface area contributed by atoms with Crippen LogP contribution in [0, 0.1) is 0 Å². The second-order valence-corrected chi connectivity index (χ2v) is 4.91. The van der Waals surface area contributed by atoms with Crippen LogP contribution in [0.3, 0.4) is 0 Å². The molecule has 17 heavy (non-hydrogen) atoms. The molecule has 3 aromatic rings. The van der Waals surface area contributed by atoms with E-state index in [9.17, 15) is 4.79 Å². The minimum atomic E-state index is -0.0784. The first kappa shape index (κ1) is 10.1. The first-order valence-corrected chi connectivity index (χ1v) is 6.01. The Morgan fingerprint density at radius 1 is 1.29 bits per heavy atom. The molecule has 3 rings (SSSR count). The summed E-state index contributed by atoms with van der Waals surface area (Å²) in [6.07, 6.45) is 3.80. The van der Waals surface area contributed by atoms with Gasteiger partial charge in [-0.05, 0) is 12.1 Å². The molecule has 0 spiro atoms. The number of rotatable bonds is 1. The van der Waals surface area contributed by atoms with Crippen molar-refractivity contribution in [2.75, 3.05) is 0 Å². The lowest BCUT2D eigenvalue weighted by atomic mass is 10.2. The van der Waals surface area contributed by atoms with Gasteiger partial charge in [0.1, 0.15) is 0 Å². The average molecular weight is 242 g/mol. The second-order valence-electron chi connectivity index (χ2n) is 3.78. The number of benzene rings is 1. The topological polar surface area (TPSA) is 48.6 Å². The third kappa shape index (κ3) is 1.72. The maximum atomic E-state index is 11.6. The number of hydrogen-bond donors (Lipinski definition) is 2. The Morgan fingerprint density at radius 2 is 2.12 bits per heavy atom. The van der Waals surface area contributed by atoms with Crippen LogP contribution in [0.2, 0.25) is 0 Å². The number of thiazole rings is 1. The first-order valence-electron chi connectivity index (χ1n) is 5.20. The fourth-order valence-electron chi connectivity index (χ4n) is 1.84. The van der Waals surface area contributed by atoms with Crippen molar-refractivity contribution in [1.29, 1.82) is 0 Å². The SMILES string of the molecule is C=c1[nH]c(=O)c(=Cc2c[nH]c3ccccc23)s1. The Bertz CT molecular complexity index is 838. The number of nitrogens with one attached hydrogen (secondary N) is 2. The Morgan fingerprint density at radius 3 is 2.88 bits per heavy atom. The van der Waals surface area contributed by atoms with Gasteiger partial charge in [-0.2, -0.15) is 0 Å². The Balaban J connectivity index is 2.31. The average Bonchev–Trinajstić information content (AvgIpc) is 2.85. The van der Waals surface area contributed by atoms with Crippen LogP contribution in [-0.2, 0) is 0 Å². The smallest absolute Gasteiger partial charge is 0.266 e. The molecule has 0 radical (unpaired) electrons. The summed E-state index contributed by atoms with van der Waals surface area (Å²) in [5, 5.41) is 1.12. The highest BCUT2D eigenvalue weighted by atomic mass is 32.1. The van der Waals surface area contributed by atoms with E-state index in [1.165, 1.54) is 11.3 Å². The molecule has 0 atom stereocenters. The highest BCUT2D eigenvalue weighted by Crippen LogP contribution is 2.17. The molecule has 4 heteroatoms. The zero-order valence-corrected chi connectivity index (χ0v) is 9.80. The Labute approximate surface area is 101 Å². The maximum Gasteiger partial charge on any atom is 0.266 e. The van der Waals surface area contributed by atoms with E-state index in [2.05, 4.69) is 16.5 Å². The summed E-state index contributed by atoms with van der Waals surface area (Å²) in [5.74, 6) is 0. The molecular formula is C13H10N2OS. The summed E-state index contributed by atoms with van der Waals surface area (Å²) in [4.78, 5) is 17.4. The zero-order chi connectivity index (χ0) is 11.8. The zero-order valence-electron chi connectivity index (χ0n) is 8.99. The minimum absolute atomic E-state index is 0.0784. The molecule has 2 aromatic heterocycles. The van der Waals surface area contributed by atoms with Crippen molar-refractivity contribution in [3.05, 3.63) is 55.6 Å². The molecule has 0 bridgehead atoms. The van der Waals surface area contributed by atoms with Crippen molar-refractivity contribution >= 4 is 34.9 Å². The van der Waals surface area contributed by atoms with Gasteiger partial charge in [-0.15, -0.1) is 11.3 Å². The van der Waals surface area contributed by atoms with Crippen LogP contribution in [0.4, 0.5) is 0 Å². The largest absolute Gasteiger partial charge is 0.361 e. The molecule has 0 aliphatic carbocycles. The van der Waals surface area contributed by atoms with Crippen molar-refractivity contribution in [2.45, 2.75) is 0 Å². The molecule has 2 heterocycles. The minimum Gasteiger partial charge on any atom is -0.361 e. The molecule has 0 saturated carbocycles. The van der Waals surface area contributed by atoms with E-state index in [1.54, 1.807) is 0 Å². The van der Waals surface area contributed by atoms with E-state index in [0.29, 0.717) is 9.20 Å². The van der Waals surface area contributed by atoms with E-state index in [4.69, 9.17) is 0 Å². The van der Waals surface area contributed by atoms with Gasteiger partial charge < -0.3 is 9.97 Å². The lowest BCUT2D eigenvalue weighted by Gasteiger charge is -1.89. The fraction of sp³-hybridized carbons (Fsp3) is 0. The molecule has 3 nitrogen and oxygen atoms in total. The van der Waals surface area contributed by atoms with Crippen LogP contribution < -0.4 is 14.8 Å². The van der Waals surface area contributed by atoms with E-state index < -0.39 is 0 Å². The summed E-state index contributed by atoms with van der Waals surface area (Å²) >= 11 is 1.37. The first-order chi connectivity index (χ1) is 8.24. The van der Waals surface area contributed by atoms with Crippen LogP contribution in [0.25, 0.3) is 23.6 Å². The van der Waals surface area contributed by atoms with E-state index >= 15 is 0 Å².